The summed E-state index contributed by atoms with van der Waals surface area (Å²) < 4.78 is 19.0. The number of methoxy groups -OCH3 is 1. The maximum Gasteiger partial charge on any atom is 0.256 e. The van der Waals surface area contributed by atoms with E-state index in [9.17, 15) is 9.18 Å². The lowest BCUT2D eigenvalue weighted by Gasteiger charge is -2.32. The Hall–Kier alpha value is -1.66. The van der Waals surface area contributed by atoms with Gasteiger partial charge in [-0.25, -0.2) is 4.39 Å². The Bertz CT molecular complexity index is 546. The minimum Gasteiger partial charge on any atom is -0.497 e. The number of hydrogen-bond acceptors (Lipinski definition) is 4. The van der Waals surface area contributed by atoms with Crippen LogP contribution in [0.5, 0.6) is 5.75 Å². The Labute approximate surface area is 130 Å². The van der Waals surface area contributed by atoms with Gasteiger partial charge in [0.05, 0.1) is 12.7 Å². The maximum absolute atomic E-state index is 14.0. The quantitative estimate of drug-likeness (QED) is 0.903. The molecule has 1 N–H and O–H groups in total. The van der Waals surface area contributed by atoms with E-state index in [0.29, 0.717) is 24.9 Å². The van der Waals surface area contributed by atoms with Crippen LogP contribution in [0.25, 0.3) is 0 Å². The minimum atomic E-state index is -0.519. The van der Waals surface area contributed by atoms with E-state index in [-0.39, 0.29) is 11.5 Å². The summed E-state index contributed by atoms with van der Waals surface area (Å²) in [6.45, 7) is 5.41. The number of hydrogen-bond donors (Lipinski definition) is 1. The molecule has 0 aliphatic carbocycles. The maximum atomic E-state index is 14.0. The molecule has 6 heteroatoms. The van der Waals surface area contributed by atoms with E-state index in [4.69, 9.17) is 4.74 Å². The highest BCUT2D eigenvalue weighted by molar-refractivity contribution is 5.94. The summed E-state index contributed by atoms with van der Waals surface area (Å²) in [6, 6.07) is 4.79. The molecule has 1 amide bonds. The molecule has 1 aromatic carbocycles. The SMILES string of the molecule is COc1ccc(C(=O)N2CCC(N3CCNCC3)C2)c(F)c1. The van der Waals surface area contributed by atoms with Gasteiger partial charge in [0.15, 0.2) is 0 Å². The molecule has 5 nitrogen and oxygen atoms in total. The zero-order valence-electron chi connectivity index (χ0n) is 12.8. The number of likely N-dealkylation sites (tertiary alicyclic amines) is 1. The van der Waals surface area contributed by atoms with Crippen molar-refractivity contribution in [3.63, 3.8) is 0 Å². The van der Waals surface area contributed by atoms with Gasteiger partial charge in [-0.15, -0.1) is 0 Å². The topological polar surface area (TPSA) is 44.8 Å². The highest BCUT2D eigenvalue weighted by atomic mass is 19.1. The standard InChI is InChI=1S/C16H22FN3O2/c1-22-13-2-3-14(15(17)10-13)16(21)20-7-4-12(11-20)19-8-5-18-6-9-19/h2-3,10,12,18H,4-9,11H2,1H3. The number of carbonyl (C=O) groups is 1. The third-order valence-electron chi connectivity index (χ3n) is 4.53. The summed E-state index contributed by atoms with van der Waals surface area (Å²) >= 11 is 0. The average molecular weight is 307 g/mol. The van der Waals surface area contributed by atoms with Gasteiger partial charge < -0.3 is 15.0 Å². The number of halogens is 1. The molecular weight excluding hydrogens is 285 g/mol. The lowest BCUT2D eigenvalue weighted by molar-refractivity contribution is 0.0769. The van der Waals surface area contributed by atoms with Crippen molar-refractivity contribution in [2.75, 3.05) is 46.4 Å². The molecule has 3 rings (SSSR count). The normalized spacial score (nSPS) is 22.8. The first-order valence-electron chi connectivity index (χ1n) is 7.76. The van der Waals surface area contributed by atoms with Crippen molar-refractivity contribution in [3.05, 3.63) is 29.6 Å². The molecule has 2 fully saturated rings. The Morgan fingerprint density at radius 3 is 2.77 bits per heavy atom. The van der Waals surface area contributed by atoms with Crippen LogP contribution in [-0.2, 0) is 0 Å². The van der Waals surface area contributed by atoms with Crippen molar-refractivity contribution in [1.29, 1.82) is 0 Å². The molecular formula is C16H22FN3O2. The van der Waals surface area contributed by atoms with E-state index in [0.717, 1.165) is 32.6 Å². The first kappa shape index (κ1) is 15.2. The number of amides is 1. The Kier molecular flexibility index (Phi) is 4.59. The molecule has 0 saturated carbocycles. The predicted molar refractivity (Wildman–Crippen MR) is 81.7 cm³/mol. The second-order valence-electron chi connectivity index (χ2n) is 5.83. The van der Waals surface area contributed by atoms with Crippen molar-refractivity contribution >= 4 is 5.91 Å². The van der Waals surface area contributed by atoms with E-state index in [1.165, 1.54) is 19.2 Å². The zero-order chi connectivity index (χ0) is 15.5. The van der Waals surface area contributed by atoms with Crippen LogP contribution in [0, 0.1) is 5.82 Å². The van der Waals surface area contributed by atoms with Crippen molar-refractivity contribution < 1.29 is 13.9 Å². The lowest BCUT2D eigenvalue weighted by Crippen LogP contribution is -2.49. The second-order valence-corrected chi connectivity index (χ2v) is 5.83. The highest BCUT2D eigenvalue weighted by Crippen LogP contribution is 2.22. The second kappa shape index (κ2) is 6.62. The fourth-order valence-electron chi connectivity index (χ4n) is 3.24. The molecule has 1 aromatic rings. The summed E-state index contributed by atoms with van der Waals surface area (Å²) in [6.07, 6.45) is 0.962. The van der Waals surface area contributed by atoms with E-state index in [1.807, 2.05) is 0 Å². The third-order valence-corrected chi connectivity index (χ3v) is 4.53. The third kappa shape index (κ3) is 3.08. The van der Waals surface area contributed by atoms with E-state index in [1.54, 1.807) is 11.0 Å². The molecule has 22 heavy (non-hydrogen) atoms. The van der Waals surface area contributed by atoms with Gasteiger partial charge in [-0.1, -0.05) is 0 Å². The van der Waals surface area contributed by atoms with Gasteiger partial charge >= 0.3 is 0 Å². The molecule has 120 valence electrons. The molecule has 1 atom stereocenters. The summed E-state index contributed by atoms with van der Waals surface area (Å²) in [5.41, 5.74) is 0.127. The van der Waals surface area contributed by atoms with Gasteiger partial charge in [-0.05, 0) is 18.6 Å². The van der Waals surface area contributed by atoms with Crippen LogP contribution in [0.15, 0.2) is 18.2 Å². The number of piperazine rings is 1. The van der Waals surface area contributed by atoms with Gasteiger partial charge in [0, 0.05) is 51.4 Å². The van der Waals surface area contributed by atoms with Gasteiger partial charge in [-0.3, -0.25) is 9.69 Å². The number of rotatable bonds is 3. The van der Waals surface area contributed by atoms with Crippen molar-refractivity contribution in [2.24, 2.45) is 0 Å². The van der Waals surface area contributed by atoms with Crippen LogP contribution in [-0.4, -0.2) is 68.1 Å². The molecule has 0 spiro atoms. The summed E-state index contributed by atoms with van der Waals surface area (Å²) in [7, 11) is 1.48. The molecule has 2 heterocycles. The molecule has 0 bridgehead atoms. The Morgan fingerprint density at radius 2 is 2.09 bits per heavy atom. The van der Waals surface area contributed by atoms with Crippen LogP contribution in [0.3, 0.4) is 0 Å². The summed E-state index contributed by atoms with van der Waals surface area (Å²) in [4.78, 5) is 16.7. The van der Waals surface area contributed by atoms with Crippen LogP contribution >= 0.6 is 0 Å². The van der Waals surface area contributed by atoms with Crippen molar-refractivity contribution in [3.8, 4) is 5.75 Å². The lowest BCUT2D eigenvalue weighted by atomic mass is 10.1. The van der Waals surface area contributed by atoms with Crippen molar-refractivity contribution in [2.45, 2.75) is 12.5 Å². The molecule has 0 radical (unpaired) electrons. The van der Waals surface area contributed by atoms with Gasteiger partial charge in [0.25, 0.3) is 5.91 Å². The van der Waals surface area contributed by atoms with Crippen LogP contribution < -0.4 is 10.1 Å². The molecule has 2 aliphatic heterocycles. The van der Waals surface area contributed by atoms with Gasteiger partial charge in [0.1, 0.15) is 11.6 Å². The predicted octanol–water partition coefficient (Wildman–Crippen LogP) is 0.954. The first-order chi connectivity index (χ1) is 10.7. The fourth-order valence-corrected chi connectivity index (χ4v) is 3.24. The molecule has 0 aromatic heterocycles. The summed E-state index contributed by atoms with van der Waals surface area (Å²) in [5.74, 6) is -0.318. The van der Waals surface area contributed by atoms with E-state index in [2.05, 4.69) is 10.2 Å². The van der Waals surface area contributed by atoms with Crippen LogP contribution in [0.4, 0.5) is 4.39 Å². The largest absolute Gasteiger partial charge is 0.497 e. The number of benzene rings is 1. The fraction of sp³-hybridized carbons (Fsp3) is 0.562. The number of nitrogens with one attached hydrogen (secondary N) is 1. The van der Waals surface area contributed by atoms with E-state index < -0.39 is 5.82 Å². The monoisotopic (exact) mass is 307 g/mol. The van der Waals surface area contributed by atoms with Crippen LogP contribution in [0.1, 0.15) is 16.8 Å². The smallest absolute Gasteiger partial charge is 0.256 e. The average Bonchev–Trinajstić information content (AvgIpc) is 3.05. The zero-order valence-corrected chi connectivity index (χ0v) is 12.8. The minimum absolute atomic E-state index is 0.127. The Balaban J connectivity index is 1.66. The van der Waals surface area contributed by atoms with Gasteiger partial charge in [0.2, 0.25) is 0 Å². The summed E-state index contributed by atoms with van der Waals surface area (Å²) in [5, 5.41) is 3.33. The molecule has 2 saturated heterocycles. The van der Waals surface area contributed by atoms with Gasteiger partial charge in [-0.2, -0.15) is 0 Å². The van der Waals surface area contributed by atoms with E-state index >= 15 is 0 Å². The number of nitrogens with zero attached hydrogens (tertiary/aromatic N) is 2. The molecule has 2 aliphatic rings. The first-order valence-corrected chi connectivity index (χ1v) is 7.76. The highest BCUT2D eigenvalue weighted by Gasteiger charge is 2.32. The van der Waals surface area contributed by atoms with Crippen LogP contribution in [0.2, 0.25) is 0 Å². The number of carbonyl (C=O) groups excluding carboxylic acids is 1. The molecule has 1 unspecified atom stereocenters. The van der Waals surface area contributed by atoms with Crippen molar-refractivity contribution in [1.82, 2.24) is 15.1 Å². The Morgan fingerprint density at radius 1 is 1.32 bits per heavy atom. The number of ether oxygens (including phenoxy) is 1.